The molecule has 0 aromatic carbocycles. The van der Waals surface area contributed by atoms with Gasteiger partial charge in [0.05, 0.1) is 0 Å². The van der Waals surface area contributed by atoms with Crippen LogP contribution >= 0.6 is 0 Å². The van der Waals surface area contributed by atoms with Gasteiger partial charge < -0.3 is 14.2 Å². The fourth-order valence-corrected chi connectivity index (χ4v) is 9.33. The molecular formula is C60H116O6. The topological polar surface area (TPSA) is 78.9 Å². The number of esters is 3. The van der Waals surface area contributed by atoms with E-state index in [1.807, 2.05) is 0 Å². The quantitative estimate of drug-likeness (QED) is 0.0343. The molecule has 0 aromatic heterocycles. The SMILES string of the molecule is CCCCCCCCCCCCCCCCCCCCCCCC(=O)OCC(COC(=O)CCCCCCCCCCC)OC(=O)CCCCCCCCCCCCCCCCCCCC. The van der Waals surface area contributed by atoms with Crippen molar-refractivity contribution in [2.75, 3.05) is 13.2 Å². The number of hydrogen-bond donors (Lipinski definition) is 0. The maximum absolute atomic E-state index is 12.8. The van der Waals surface area contributed by atoms with Gasteiger partial charge in [0.2, 0.25) is 0 Å². The third kappa shape index (κ3) is 53.4. The van der Waals surface area contributed by atoms with Gasteiger partial charge in [0.1, 0.15) is 13.2 Å². The largest absolute Gasteiger partial charge is 0.462 e. The number of unbranched alkanes of at least 4 members (excludes halogenated alkanes) is 45. The van der Waals surface area contributed by atoms with E-state index in [4.69, 9.17) is 14.2 Å². The van der Waals surface area contributed by atoms with Crippen LogP contribution in [0.25, 0.3) is 0 Å². The van der Waals surface area contributed by atoms with E-state index >= 15 is 0 Å². The minimum atomic E-state index is -0.760. The molecule has 0 aromatic rings. The second-order valence-corrected chi connectivity index (χ2v) is 20.6. The summed E-state index contributed by atoms with van der Waals surface area (Å²) in [6, 6.07) is 0. The molecule has 0 saturated heterocycles. The Labute approximate surface area is 412 Å². The highest BCUT2D eigenvalue weighted by atomic mass is 16.6. The van der Waals surface area contributed by atoms with Crippen LogP contribution < -0.4 is 0 Å². The Balaban J connectivity index is 4.17. The van der Waals surface area contributed by atoms with E-state index in [1.165, 1.54) is 250 Å². The fraction of sp³-hybridized carbons (Fsp3) is 0.950. The smallest absolute Gasteiger partial charge is 0.306 e. The first-order valence-corrected chi connectivity index (χ1v) is 30.0. The van der Waals surface area contributed by atoms with E-state index in [0.29, 0.717) is 19.3 Å². The van der Waals surface area contributed by atoms with Crippen LogP contribution in [0, 0.1) is 0 Å². The van der Waals surface area contributed by atoms with E-state index in [1.54, 1.807) is 0 Å². The number of hydrogen-bond acceptors (Lipinski definition) is 6. The fourth-order valence-electron chi connectivity index (χ4n) is 9.33. The number of carbonyl (C=O) groups excluding carboxylic acids is 3. The lowest BCUT2D eigenvalue weighted by Crippen LogP contribution is -2.30. The van der Waals surface area contributed by atoms with Gasteiger partial charge in [0, 0.05) is 19.3 Å². The van der Waals surface area contributed by atoms with Crippen molar-refractivity contribution in [3.63, 3.8) is 0 Å². The van der Waals surface area contributed by atoms with Gasteiger partial charge >= 0.3 is 17.9 Å². The van der Waals surface area contributed by atoms with Gasteiger partial charge in [-0.05, 0) is 19.3 Å². The third-order valence-electron chi connectivity index (χ3n) is 13.9. The Morgan fingerprint density at radius 2 is 0.409 bits per heavy atom. The second kappa shape index (κ2) is 56.0. The zero-order chi connectivity index (χ0) is 47.9. The molecule has 392 valence electrons. The third-order valence-corrected chi connectivity index (χ3v) is 13.9. The normalized spacial score (nSPS) is 11.9. The summed E-state index contributed by atoms with van der Waals surface area (Å²) in [6.45, 7) is 6.69. The standard InChI is InChI=1S/C60H116O6/c1-4-7-10-13-16-19-21-23-25-27-29-30-31-33-34-36-38-41-44-47-50-53-59(62)65-56-57(55-64-58(61)52-49-46-43-40-18-15-12-9-6-3)66-60(63)54-51-48-45-42-39-37-35-32-28-26-24-22-20-17-14-11-8-5-2/h57H,4-56H2,1-3H3. The summed E-state index contributed by atoms with van der Waals surface area (Å²) in [7, 11) is 0. The highest BCUT2D eigenvalue weighted by molar-refractivity contribution is 5.71. The molecule has 0 aliphatic rings. The van der Waals surface area contributed by atoms with E-state index < -0.39 is 6.10 Å². The Hall–Kier alpha value is -1.59. The average molecular weight is 934 g/mol. The minimum Gasteiger partial charge on any atom is -0.462 e. The molecule has 0 N–H and O–H groups in total. The van der Waals surface area contributed by atoms with E-state index in [0.717, 1.165) is 57.8 Å². The van der Waals surface area contributed by atoms with Crippen LogP contribution in [-0.2, 0) is 28.6 Å². The molecule has 0 aliphatic heterocycles. The van der Waals surface area contributed by atoms with Crippen molar-refractivity contribution >= 4 is 17.9 Å². The Kier molecular flexibility index (Phi) is 54.7. The number of ether oxygens (including phenoxy) is 3. The van der Waals surface area contributed by atoms with Crippen molar-refractivity contribution in [3.05, 3.63) is 0 Å². The number of carbonyl (C=O) groups is 3. The van der Waals surface area contributed by atoms with Crippen molar-refractivity contribution in [3.8, 4) is 0 Å². The van der Waals surface area contributed by atoms with Gasteiger partial charge in [-0.15, -0.1) is 0 Å². The highest BCUT2D eigenvalue weighted by Gasteiger charge is 2.19. The van der Waals surface area contributed by atoms with Crippen LogP contribution in [0.3, 0.4) is 0 Å². The lowest BCUT2D eigenvalue weighted by molar-refractivity contribution is -0.167. The van der Waals surface area contributed by atoms with Crippen LogP contribution in [0.15, 0.2) is 0 Å². The maximum Gasteiger partial charge on any atom is 0.306 e. The van der Waals surface area contributed by atoms with Crippen molar-refractivity contribution in [1.29, 1.82) is 0 Å². The van der Waals surface area contributed by atoms with Gasteiger partial charge in [-0.3, -0.25) is 14.4 Å². The lowest BCUT2D eigenvalue weighted by atomic mass is 10.0. The summed E-state index contributed by atoms with van der Waals surface area (Å²) in [5.74, 6) is -0.835. The van der Waals surface area contributed by atoms with Crippen molar-refractivity contribution in [2.24, 2.45) is 0 Å². The molecular weight excluding hydrogens is 817 g/mol. The summed E-state index contributed by atoms with van der Waals surface area (Å²) in [4.78, 5) is 38.1. The molecule has 0 radical (unpaired) electrons. The highest BCUT2D eigenvalue weighted by Crippen LogP contribution is 2.18. The molecule has 1 unspecified atom stereocenters. The molecule has 0 rings (SSSR count). The first-order valence-electron chi connectivity index (χ1n) is 30.0. The van der Waals surface area contributed by atoms with Crippen LogP contribution in [0.5, 0.6) is 0 Å². The molecule has 0 spiro atoms. The maximum atomic E-state index is 12.8. The summed E-state index contributed by atoms with van der Waals surface area (Å²) in [5.41, 5.74) is 0. The van der Waals surface area contributed by atoms with Crippen LogP contribution in [0.4, 0.5) is 0 Å². The summed E-state index contributed by atoms with van der Waals surface area (Å²) in [6.07, 6.45) is 62.5. The molecule has 0 fully saturated rings. The first kappa shape index (κ1) is 64.4. The average Bonchev–Trinajstić information content (AvgIpc) is 3.31. The Morgan fingerprint density at radius 3 is 0.606 bits per heavy atom. The molecule has 0 heterocycles. The second-order valence-electron chi connectivity index (χ2n) is 20.6. The Morgan fingerprint density at radius 1 is 0.242 bits per heavy atom. The monoisotopic (exact) mass is 933 g/mol. The predicted octanol–water partition coefficient (Wildman–Crippen LogP) is 19.9. The van der Waals surface area contributed by atoms with Gasteiger partial charge in [0.25, 0.3) is 0 Å². The number of rotatable bonds is 56. The zero-order valence-electron chi connectivity index (χ0n) is 45.0. The molecule has 0 aliphatic carbocycles. The molecule has 6 heteroatoms. The summed E-state index contributed by atoms with van der Waals surface area (Å²) < 4.78 is 16.9. The van der Waals surface area contributed by atoms with E-state index in [2.05, 4.69) is 20.8 Å². The van der Waals surface area contributed by atoms with Crippen LogP contribution in [0.1, 0.15) is 348 Å². The van der Waals surface area contributed by atoms with Crippen molar-refractivity contribution in [2.45, 2.75) is 354 Å². The van der Waals surface area contributed by atoms with Gasteiger partial charge in [-0.1, -0.05) is 310 Å². The van der Waals surface area contributed by atoms with Gasteiger partial charge in [-0.25, -0.2) is 0 Å². The molecule has 0 bridgehead atoms. The first-order chi connectivity index (χ1) is 32.5. The van der Waals surface area contributed by atoms with Crippen LogP contribution in [0.2, 0.25) is 0 Å². The Bertz CT molecular complexity index is 982. The molecule has 0 amide bonds. The minimum absolute atomic E-state index is 0.0612. The van der Waals surface area contributed by atoms with E-state index in [9.17, 15) is 14.4 Å². The molecule has 1 atom stereocenters. The van der Waals surface area contributed by atoms with Crippen molar-refractivity contribution in [1.82, 2.24) is 0 Å². The molecule has 6 nitrogen and oxygen atoms in total. The summed E-state index contributed by atoms with van der Waals surface area (Å²) in [5, 5.41) is 0. The molecule has 66 heavy (non-hydrogen) atoms. The van der Waals surface area contributed by atoms with E-state index in [-0.39, 0.29) is 31.1 Å². The van der Waals surface area contributed by atoms with Crippen molar-refractivity contribution < 1.29 is 28.6 Å². The lowest BCUT2D eigenvalue weighted by Gasteiger charge is -2.18. The van der Waals surface area contributed by atoms with Gasteiger partial charge in [0.15, 0.2) is 6.10 Å². The summed E-state index contributed by atoms with van der Waals surface area (Å²) >= 11 is 0. The van der Waals surface area contributed by atoms with Crippen LogP contribution in [-0.4, -0.2) is 37.2 Å². The van der Waals surface area contributed by atoms with Gasteiger partial charge in [-0.2, -0.15) is 0 Å². The molecule has 0 saturated carbocycles. The zero-order valence-corrected chi connectivity index (χ0v) is 45.0. The predicted molar refractivity (Wildman–Crippen MR) is 284 cm³/mol.